The molecule has 2 aromatic carbocycles. The minimum absolute atomic E-state index is 0.195. The van der Waals surface area contributed by atoms with Gasteiger partial charge in [-0.25, -0.2) is 9.69 Å². The summed E-state index contributed by atoms with van der Waals surface area (Å²) in [6, 6.07) is 14.8. The molecule has 1 aliphatic heterocycles. The molecule has 37 heavy (non-hydrogen) atoms. The van der Waals surface area contributed by atoms with Crippen molar-refractivity contribution in [3.63, 3.8) is 0 Å². The summed E-state index contributed by atoms with van der Waals surface area (Å²) in [5.41, 5.74) is 2.29. The van der Waals surface area contributed by atoms with Gasteiger partial charge in [-0.15, -0.1) is 0 Å². The van der Waals surface area contributed by atoms with Crippen molar-refractivity contribution in [1.29, 1.82) is 0 Å². The highest BCUT2D eigenvalue weighted by Crippen LogP contribution is 2.47. The van der Waals surface area contributed by atoms with Gasteiger partial charge in [-0.3, -0.25) is 9.36 Å². The topological polar surface area (TPSA) is 84.9 Å². The van der Waals surface area contributed by atoms with Gasteiger partial charge in [0.25, 0.3) is 0 Å². The van der Waals surface area contributed by atoms with Gasteiger partial charge in [-0.1, -0.05) is 69.2 Å². The van der Waals surface area contributed by atoms with E-state index in [1.165, 1.54) is 4.90 Å². The third-order valence-corrected chi connectivity index (χ3v) is 8.97. The van der Waals surface area contributed by atoms with E-state index in [1.807, 2.05) is 64.1 Å². The standard InChI is InChI=1S/C29H41N2O5P/c1-7-11-25(23-16-12-21(5)13-17-23)30-28(33)31-26(32)29(8-2,9-3)27(31)36-24-18-14-22(15-19-24)20-37(6,34)35-10-4/h12-19,25,27H,7-11,20H2,1-6H3,(H,30,33)/t25-,27+,37?/m1/s1. The summed E-state index contributed by atoms with van der Waals surface area (Å²) in [7, 11) is -2.71. The number of amides is 3. The highest BCUT2D eigenvalue weighted by atomic mass is 31.2. The fourth-order valence-electron chi connectivity index (χ4n) is 4.98. The number of nitrogens with one attached hydrogen (secondary N) is 1. The molecule has 1 unspecified atom stereocenters. The van der Waals surface area contributed by atoms with E-state index in [0.29, 0.717) is 31.4 Å². The van der Waals surface area contributed by atoms with Crippen molar-refractivity contribution in [2.24, 2.45) is 5.41 Å². The van der Waals surface area contributed by atoms with E-state index in [2.05, 4.69) is 12.2 Å². The van der Waals surface area contributed by atoms with Crippen molar-refractivity contribution >= 4 is 19.3 Å². The Bertz CT molecular complexity index is 1110. The summed E-state index contributed by atoms with van der Waals surface area (Å²) < 4.78 is 24.2. The molecule has 0 aromatic heterocycles. The Balaban J connectivity index is 1.79. The molecule has 1 fully saturated rings. The summed E-state index contributed by atoms with van der Waals surface area (Å²) in [4.78, 5) is 28.0. The van der Waals surface area contributed by atoms with Crippen molar-refractivity contribution in [2.75, 3.05) is 13.3 Å². The number of hydrogen-bond acceptors (Lipinski definition) is 5. The second kappa shape index (κ2) is 12.3. The lowest BCUT2D eigenvalue weighted by atomic mass is 9.72. The SMILES string of the molecule is CCC[C@@H](NC(=O)N1C(=O)C(CC)(CC)[C@@H]1Oc1ccc(CP(C)(=O)OCC)cc1)c1ccc(C)cc1. The lowest BCUT2D eigenvalue weighted by Crippen LogP contribution is -2.73. The molecule has 3 atom stereocenters. The van der Waals surface area contributed by atoms with Crippen LogP contribution >= 0.6 is 7.37 Å². The van der Waals surface area contributed by atoms with Gasteiger partial charge in [0.1, 0.15) is 11.2 Å². The molecular formula is C29H41N2O5P. The number of rotatable bonds is 12. The number of carbonyl (C=O) groups excluding carboxylic acids is 2. The van der Waals surface area contributed by atoms with Crippen LogP contribution in [-0.4, -0.2) is 36.3 Å². The average molecular weight is 529 g/mol. The number of carbonyl (C=O) groups is 2. The van der Waals surface area contributed by atoms with Gasteiger partial charge in [-0.2, -0.15) is 0 Å². The fourth-order valence-corrected chi connectivity index (χ4v) is 6.49. The number of aryl methyl sites for hydroxylation is 1. The van der Waals surface area contributed by atoms with Crippen LogP contribution in [0, 0.1) is 12.3 Å². The monoisotopic (exact) mass is 528 g/mol. The predicted octanol–water partition coefficient (Wildman–Crippen LogP) is 7.04. The van der Waals surface area contributed by atoms with Crippen LogP contribution in [0.5, 0.6) is 5.75 Å². The van der Waals surface area contributed by atoms with E-state index in [-0.39, 0.29) is 11.9 Å². The summed E-state index contributed by atoms with van der Waals surface area (Å²) in [6.07, 6.45) is 2.42. The first-order valence-electron chi connectivity index (χ1n) is 13.3. The number of benzene rings is 2. The maximum atomic E-state index is 13.4. The normalized spacial score (nSPS) is 19.0. The van der Waals surface area contributed by atoms with Crippen LogP contribution < -0.4 is 10.1 Å². The zero-order valence-corrected chi connectivity index (χ0v) is 23.8. The average Bonchev–Trinajstić information content (AvgIpc) is 2.86. The zero-order chi connectivity index (χ0) is 27.2. The number of β-lactam (4-membered cyclic amide) rings is 1. The predicted molar refractivity (Wildman–Crippen MR) is 147 cm³/mol. The van der Waals surface area contributed by atoms with Gasteiger partial charge in [-0.05, 0) is 56.4 Å². The van der Waals surface area contributed by atoms with Crippen LogP contribution in [0.2, 0.25) is 0 Å². The van der Waals surface area contributed by atoms with Crippen LogP contribution in [0.4, 0.5) is 4.79 Å². The highest BCUT2D eigenvalue weighted by Gasteiger charge is 2.63. The number of hydrogen-bond donors (Lipinski definition) is 1. The Morgan fingerprint density at radius 1 is 1.05 bits per heavy atom. The fraction of sp³-hybridized carbons (Fsp3) is 0.517. The molecule has 7 nitrogen and oxygen atoms in total. The maximum absolute atomic E-state index is 13.4. The number of urea groups is 1. The third kappa shape index (κ3) is 6.45. The van der Waals surface area contributed by atoms with Gasteiger partial charge in [0.05, 0.1) is 12.6 Å². The molecule has 1 saturated heterocycles. The summed E-state index contributed by atoms with van der Waals surface area (Å²) in [5, 5.41) is 3.08. The Labute approximate surface area is 221 Å². The van der Waals surface area contributed by atoms with Crippen molar-refractivity contribution < 1.29 is 23.4 Å². The van der Waals surface area contributed by atoms with Gasteiger partial charge in [0.15, 0.2) is 6.23 Å². The second-order valence-electron chi connectivity index (χ2n) is 9.94. The first kappa shape index (κ1) is 28.9. The highest BCUT2D eigenvalue weighted by molar-refractivity contribution is 7.57. The van der Waals surface area contributed by atoms with Crippen molar-refractivity contribution in [2.45, 2.75) is 78.7 Å². The summed E-state index contributed by atoms with van der Waals surface area (Å²) in [6.45, 7) is 11.9. The van der Waals surface area contributed by atoms with E-state index >= 15 is 0 Å². The Hall–Kier alpha value is -2.63. The second-order valence-corrected chi connectivity index (χ2v) is 12.5. The summed E-state index contributed by atoms with van der Waals surface area (Å²) in [5.74, 6) is 0.343. The molecule has 0 spiro atoms. The number of imide groups is 1. The van der Waals surface area contributed by atoms with Gasteiger partial charge in [0, 0.05) is 12.8 Å². The van der Waals surface area contributed by atoms with Gasteiger partial charge >= 0.3 is 6.03 Å². The molecule has 0 radical (unpaired) electrons. The molecule has 202 valence electrons. The molecule has 0 saturated carbocycles. The molecule has 1 heterocycles. The van der Waals surface area contributed by atoms with E-state index in [0.717, 1.165) is 29.5 Å². The lowest BCUT2D eigenvalue weighted by Gasteiger charge is -2.53. The summed E-state index contributed by atoms with van der Waals surface area (Å²) >= 11 is 0. The van der Waals surface area contributed by atoms with Crippen LogP contribution in [0.3, 0.4) is 0 Å². The largest absolute Gasteiger partial charge is 0.469 e. The third-order valence-electron chi connectivity index (χ3n) is 7.23. The number of likely N-dealkylation sites (tertiary alicyclic amines) is 1. The molecule has 1 N–H and O–H groups in total. The lowest BCUT2D eigenvalue weighted by molar-refractivity contribution is -0.191. The number of ether oxygens (including phenoxy) is 1. The molecular weight excluding hydrogens is 487 g/mol. The van der Waals surface area contributed by atoms with E-state index in [9.17, 15) is 14.2 Å². The van der Waals surface area contributed by atoms with Crippen molar-refractivity contribution in [3.05, 3.63) is 65.2 Å². The first-order chi connectivity index (χ1) is 17.6. The van der Waals surface area contributed by atoms with Crippen LogP contribution in [0.15, 0.2) is 48.5 Å². The van der Waals surface area contributed by atoms with Gasteiger partial charge < -0.3 is 14.6 Å². The molecule has 3 rings (SSSR count). The minimum Gasteiger partial charge on any atom is -0.469 e. The molecule has 8 heteroatoms. The van der Waals surface area contributed by atoms with E-state index < -0.39 is 25.0 Å². The molecule has 2 aromatic rings. The zero-order valence-electron chi connectivity index (χ0n) is 23.0. The first-order valence-corrected chi connectivity index (χ1v) is 15.5. The van der Waals surface area contributed by atoms with Crippen LogP contribution in [0.25, 0.3) is 0 Å². The van der Waals surface area contributed by atoms with Crippen molar-refractivity contribution in [1.82, 2.24) is 10.2 Å². The Kier molecular flexibility index (Phi) is 9.60. The maximum Gasteiger partial charge on any atom is 0.327 e. The molecule has 1 aliphatic rings. The van der Waals surface area contributed by atoms with Crippen LogP contribution in [0.1, 0.15) is 76.1 Å². The Morgan fingerprint density at radius 3 is 2.22 bits per heavy atom. The van der Waals surface area contributed by atoms with Crippen molar-refractivity contribution in [3.8, 4) is 5.75 Å². The van der Waals surface area contributed by atoms with Gasteiger partial charge in [0.2, 0.25) is 13.3 Å². The smallest absolute Gasteiger partial charge is 0.327 e. The minimum atomic E-state index is -2.71. The number of nitrogens with zero attached hydrogens (tertiary/aromatic N) is 1. The molecule has 0 aliphatic carbocycles. The van der Waals surface area contributed by atoms with E-state index in [1.54, 1.807) is 18.8 Å². The molecule has 0 bridgehead atoms. The van der Waals surface area contributed by atoms with E-state index in [4.69, 9.17) is 9.26 Å². The molecule has 3 amide bonds. The Morgan fingerprint density at radius 2 is 1.68 bits per heavy atom. The quantitative estimate of drug-likeness (QED) is 0.236. The van der Waals surface area contributed by atoms with Crippen LogP contribution in [-0.2, 0) is 20.0 Å².